The fraction of sp³-hybridized carbons (Fsp3) is 0.583. The topological polar surface area (TPSA) is 46.3 Å². The van der Waals surface area contributed by atoms with Crippen LogP contribution in [0.25, 0.3) is 0 Å². The van der Waals surface area contributed by atoms with Gasteiger partial charge in [0.05, 0.1) is 12.0 Å². The first kappa shape index (κ1) is 13.2. The van der Waals surface area contributed by atoms with E-state index in [0.29, 0.717) is 0 Å². The van der Waals surface area contributed by atoms with Crippen molar-refractivity contribution in [3.05, 3.63) is 22.4 Å². The number of nitrogens with two attached hydrogens (primary N) is 1. The molecule has 0 saturated heterocycles. The molecule has 16 heavy (non-hydrogen) atoms. The summed E-state index contributed by atoms with van der Waals surface area (Å²) in [5, 5.41) is 2.03. The summed E-state index contributed by atoms with van der Waals surface area (Å²) in [5.74, 6) is -0.0247. The summed E-state index contributed by atoms with van der Waals surface area (Å²) < 4.78 is 0. The van der Waals surface area contributed by atoms with Gasteiger partial charge < -0.3 is 10.6 Å². The predicted molar refractivity (Wildman–Crippen MR) is 68.3 cm³/mol. The molecule has 0 aliphatic rings. The van der Waals surface area contributed by atoms with Gasteiger partial charge in [-0.25, -0.2) is 0 Å². The molecule has 3 atom stereocenters. The van der Waals surface area contributed by atoms with Gasteiger partial charge in [0, 0.05) is 18.0 Å². The number of amides is 1. The zero-order valence-electron chi connectivity index (χ0n) is 10.3. The van der Waals surface area contributed by atoms with Crippen LogP contribution in [0.3, 0.4) is 0 Å². The Hall–Kier alpha value is -0.870. The van der Waals surface area contributed by atoms with Crippen LogP contribution in [0.5, 0.6) is 0 Å². The monoisotopic (exact) mass is 240 g/mol. The lowest BCUT2D eigenvalue weighted by Gasteiger charge is -2.28. The predicted octanol–water partition coefficient (Wildman–Crippen LogP) is 2.25. The Morgan fingerprint density at radius 3 is 2.50 bits per heavy atom. The summed E-state index contributed by atoms with van der Waals surface area (Å²) in [6, 6.07) is 4.07. The van der Waals surface area contributed by atoms with Crippen molar-refractivity contribution in [2.45, 2.75) is 32.9 Å². The summed E-state index contributed by atoms with van der Waals surface area (Å²) >= 11 is 1.67. The minimum atomic E-state index is -0.132. The number of nitrogens with zero attached hydrogens (tertiary/aromatic N) is 1. The average Bonchev–Trinajstić information content (AvgIpc) is 2.78. The molecule has 1 heterocycles. The van der Waals surface area contributed by atoms with Gasteiger partial charge >= 0.3 is 0 Å². The second-order valence-electron chi connectivity index (χ2n) is 4.29. The molecule has 4 heteroatoms. The van der Waals surface area contributed by atoms with Crippen molar-refractivity contribution < 1.29 is 4.79 Å². The molecule has 0 saturated carbocycles. The summed E-state index contributed by atoms with van der Waals surface area (Å²) in [7, 11) is 1.84. The molecule has 0 aliphatic carbocycles. The molecular weight excluding hydrogens is 220 g/mol. The van der Waals surface area contributed by atoms with E-state index >= 15 is 0 Å². The zero-order chi connectivity index (χ0) is 12.3. The molecule has 1 amide bonds. The maximum absolute atomic E-state index is 12.1. The quantitative estimate of drug-likeness (QED) is 0.877. The highest BCUT2D eigenvalue weighted by atomic mass is 32.1. The highest BCUT2D eigenvalue weighted by molar-refractivity contribution is 7.10. The van der Waals surface area contributed by atoms with E-state index in [0.717, 1.165) is 0 Å². The van der Waals surface area contributed by atoms with Crippen LogP contribution in [0.4, 0.5) is 0 Å². The van der Waals surface area contributed by atoms with Crippen LogP contribution >= 0.6 is 11.3 Å². The van der Waals surface area contributed by atoms with Crippen LogP contribution in [0.2, 0.25) is 0 Å². The first-order chi connectivity index (χ1) is 7.45. The summed E-state index contributed by atoms with van der Waals surface area (Å²) in [5.41, 5.74) is 5.75. The van der Waals surface area contributed by atoms with Gasteiger partial charge in [0.15, 0.2) is 0 Å². The lowest BCUT2D eigenvalue weighted by atomic mass is 10.0. The van der Waals surface area contributed by atoms with E-state index in [1.54, 1.807) is 16.2 Å². The van der Waals surface area contributed by atoms with Crippen LogP contribution in [0.1, 0.15) is 31.7 Å². The third-order valence-corrected chi connectivity index (χ3v) is 4.10. The SMILES string of the molecule is CC(N)C(C)C(=O)N(C)C(C)c1cccs1. The van der Waals surface area contributed by atoms with Gasteiger partial charge in [-0.2, -0.15) is 0 Å². The van der Waals surface area contributed by atoms with Crippen molar-refractivity contribution in [1.29, 1.82) is 0 Å². The highest BCUT2D eigenvalue weighted by Crippen LogP contribution is 2.24. The van der Waals surface area contributed by atoms with Gasteiger partial charge in [-0.1, -0.05) is 13.0 Å². The number of hydrogen-bond acceptors (Lipinski definition) is 3. The largest absolute Gasteiger partial charge is 0.338 e. The lowest BCUT2D eigenvalue weighted by molar-refractivity contribution is -0.136. The van der Waals surface area contributed by atoms with Crippen molar-refractivity contribution in [3.8, 4) is 0 Å². The van der Waals surface area contributed by atoms with Gasteiger partial charge in [0.1, 0.15) is 0 Å². The molecule has 0 bridgehead atoms. The second-order valence-corrected chi connectivity index (χ2v) is 5.27. The van der Waals surface area contributed by atoms with Crippen LogP contribution < -0.4 is 5.73 Å². The Labute approximate surface area is 101 Å². The number of carbonyl (C=O) groups excluding carboxylic acids is 1. The normalized spacial score (nSPS) is 16.6. The molecule has 0 radical (unpaired) electrons. The zero-order valence-corrected chi connectivity index (χ0v) is 11.1. The van der Waals surface area contributed by atoms with Crippen molar-refractivity contribution in [2.24, 2.45) is 11.7 Å². The third kappa shape index (κ3) is 2.83. The minimum absolute atomic E-state index is 0.106. The minimum Gasteiger partial charge on any atom is -0.338 e. The molecule has 0 aliphatic heterocycles. The van der Waals surface area contributed by atoms with Crippen molar-refractivity contribution in [1.82, 2.24) is 4.90 Å². The Balaban J connectivity index is 2.71. The van der Waals surface area contributed by atoms with E-state index in [9.17, 15) is 4.79 Å². The van der Waals surface area contributed by atoms with Crippen LogP contribution in [-0.4, -0.2) is 23.9 Å². The van der Waals surface area contributed by atoms with Gasteiger partial charge in [0.25, 0.3) is 0 Å². The Kier molecular flexibility index (Phi) is 4.50. The van der Waals surface area contributed by atoms with E-state index in [4.69, 9.17) is 5.73 Å². The Bertz CT molecular complexity index is 335. The molecular formula is C12H20N2OS. The Morgan fingerprint density at radius 2 is 2.06 bits per heavy atom. The molecule has 0 aromatic carbocycles. The lowest BCUT2D eigenvalue weighted by Crippen LogP contribution is -2.40. The standard InChI is InChI=1S/C12H20N2OS/c1-8(9(2)13)12(15)14(4)10(3)11-6-5-7-16-11/h5-10H,13H2,1-4H3. The first-order valence-electron chi connectivity index (χ1n) is 5.50. The highest BCUT2D eigenvalue weighted by Gasteiger charge is 2.24. The maximum atomic E-state index is 12.1. The molecule has 0 spiro atoms. The van der Waals surface area contributed by atoms with E-state index in [2.05, 4.69) is 6.07 Å². The second kappa shape index (κ2) is 5.46. The molecule has 3 nitrogen and oxygen atoms in total. The van der Waals surface area contributed by atoms with Gasteiger partial charge in [-0.15, -0.1) is 11.3 Å². The molecule has 90 valence electrons. The third-order valence-electron chi connectivity index (χ3n) is 3.06. The van der Waals surface area contributed by atoms with E-state index in [-0.39, 0.29) is 23.9 Å². The van der Waals surface area contributed by atoms with Crippen LogP contribution in [0, 0.1) is 5.92 Å². The summed E-state index contributed by atoms with van der Waals surface area (Å²) in [6.07, 6.45) is 0. The number of hydrogen-bond donors (Lipinski definition) is 1. The number of carbonyl (C=O) groups is 1. The molecule has 0 fully saturated rings. The average molecular weight is 240 g/mol. The van der Waals surface area contributed by atoms with Gasteiger partial charge in [-0.05, 0) is 25.3 Å². The van der Waals surface area contributed by atoms with Crippen molar-refractivity contribution in [2.75, 3.05) is 7.05 Å². The van der Waals surface area contributed by atoms with Gasteiger partial charge in [0.2, 0.25) is 5.91 Å². The van der Waals surface area contributed by atoms with Crippen LogP contribution in [0.15, 0.2) is 17.5 Å². The van der Waals surface area contributed by atoms with Crippen molar-refractivity contribution in [3.63, 3.8) is 0 Å². The first-order valence-corrected chi connectivity index (χ1v) is 6.38. The van der Waals surface area contributed by atoms with E-state index in [1.807, 2.05) is 39.3 Å². The van der Waals surface area contributed by atoms with E-state index in [1.165, 1.54) is 4.88 Å². The fourth-order valence-electron chi connectivity index (χ4n) is 1.46. The number of thiophene rings is 1. The summed E-state index contributed by atoms with van der Waals surface area (Å²) in [4.78, 5) is 15.1. The maximum Gasteiger partial charge on any atom is 0.227 e. The smallest absolute Gasteiger partial charge is 0.227 e. The molecule has 1 aromatic heterocycles. The fourth-order valence-corrected chi connectivity index (χ4v) is 2.28. The molecule has 2 N–H and O–H groups in total. The molecule has 1 aromatic rings. The van der Waals surface area contributed by atoms with Gasteiger partial charge in [-0.3, -0.25) is 4.79 Å². The Morgan fingerprint density at radius 1 is 1.44 bits per heavy atom. The molecule has 1 rings (SSSR count). The number of rotatable bonds is 4. The van der Waals surface area contributed by atoms with E-state index < -0.39 is 0 Å². The summed E-state index contributed by atoms with van der Waals surface area (Å²) in [6.45, 7) is 5.79. The van der Waals surface area contributed by atoms with Crippen LogP contribution in [-0.2, 0) is 4.79 Å². The van der Waals surface area contributed by atoms with Crippen molar-refractivity contribution >= 4 is 17.2 Å². The molecule has 3 unspecified atom stereocenters.